The molecule has 0 unspecified atom stereocenters. The molecule has 2 saturated heterocycles. The lowest BCUT2D eigenvalue weighted by Crippen LogP contribution is -2.56. The minimum absolute atomic E-state index is 0.101. The first-order valence-electron chi connectivity index (χ1n) is 14.9. The second kappa shape index (κ2) is 11.4. The second-order valence-corrected chi connectivity index (χ2v) is 12.0. The molecule has 4 aliphatic rings. The van der Waals surface area contributed by atoms with Gasteiger partial charge in [-0.15, -0.1) is 0 Å². The Labute approximate surface area is 255 Å². The Morgan fingerprint density at radius 1 is 1.18 bits per heavy atom. The highest BCUT2D eigenvalue weighted by Gasteiger charge is 2.54. The van der Waals surface area contributed by atoms with E-state index in [1.165, 1.54) is 11.0 Å². The Morgan fingerprint density at radius 2 is 1.89 bits per heavy atom. The fraction of sp³-hybridized carbons (Fsp3) is 0.567. The van der Waals surface area contributed by atoms with E-state index in [4.69, 9.17) is 4.74 Å². The average Bonchev–Trinajstić information content (AvgIpc) is 3.70. The quantitative estimate of drug-likeness (QED) is 0.474. The van der Waals surface area contributed by atoms with Gasteiger partial charge in [-0.2, -0.15) is 23.5 Å². The molecule has 1 aromatic carbocycles. The molecule has 0 bridgehead atoms. The fourth-order valence-electron chi connectivity index (χ4n) is 6.71. The molecule has 0 spiro atoms. The van der Waals surface area contributed by atoms with Gasteiger partial charge in [-0.3, -0.25) is 19.3 Å². The summed E-state index contributed by atoms with van der Waals surface area (Å²) in [4.78, 5) is 43.8. The normalized spacial score (nSPS) is 25.2. The van der Waals surface area contributed by atoms with Crippen molar-refractivity contribution in [2.24, 2.45) is 5.92 Å². The number of alkyl halides is 5. The molecule has 240 valence electrons. The third-order valence-electron chi connectivity index (χ3n) is 9.00. The summed E-state index contributed by atoms with van der Waals surface area (Å²) in [7, 11) is 0. The van der Waals surface area contributed by atoms with Crippen LogP contribution in [0.25, 0.3) is 0 Å². The predicted octanol–water partition coefficient (Wildman–Crippen LogP) is 4.29. The van der Waals surface area contributed by atoms with E-state index in [0.717, 1.165) is 17.0 Å². The summed E-state index contributed by atoms with van der Waals surface area (Å²) in [5, 5.41) is 16.9. The number of halogens is 5. The molecule has 3 fully saturated rings. The summed E-state index contributed by atoms with van der Waals surface area (Å²) in [5.74, 6) is -6.23. The number of carbonyl (C=O) groups excluding carboxylic acids is 3. The highest BCUT2D eigenvalue weighted by atomic mass is 19.4. The summed E-state index contributed by atoms with van der Waals surface area (Å²) in [6.45, 7) is 1.63. The second-order valence-electron chi connectivity index (χ2n) is 12.0. The maximum atomic E-state index is 14.4. The van der Waals surface area contributed by atoms with Gasteiger partial charge < -0.3 is 15.0 Å². The Kier molecular flexibility index (Phi) is 7.83. The van der Waals surface area contributed by atoms with E-state index in [9.17, 15) is 41.6 Å². The van der Waals surface area contributed by atoms with Crippen LogP contribution in [0, 0.1) is 17.2 Å². The van der Waals surface area contributed by atoms with Crippen LogP contribution in [0.15, 0.2) is 24.3 Å². The minimum Gasteiger partial charge on any atom is -0.381 e. The average molecular weight is 635 g/mol. The number of aromatic nitrogens is 2. The molecule has 1 N–H and O–H groups in total. The van der Waals surface area contributed by atoms with Gasteiger partial charge in [-0.25, -0.2) is 13.5 Å². The van der Waals surface area contributed by atoms with Crippen LogP contribution < -0.4 is 10.2 Å². The maximum absolute atomic E-state index is 14.4. The molecule has 6 rings (SSSR count). The standard InChI is InChI=1S/C30H31F5N6O4/c1-2-39-26-22(21(16-6-7-16)23(27(39)43)37-25(42)17-4-3-5-18(12-17)30(33,34)35)24(38-41(26)19-8-10-45-11-9-19)28(44)40-15-29(31,32)13-20(40)14-36/h3-5,12,16,19-21,23H,2,6-11,13,15H2,1H3,(H,37,42)/t20-,21-,23-/m0/s1. The molecule has 1 aromatic heterocycles. The van der Waals surface area contributed by atoms with Gasteiger partial charge in [0, 0.05) is 43.2 Å². The number of fused-ring (bicyclic) bond motifs is 1. The molecule has 2 aromatic rings. The smallest absolute Gasteiger partial charge is 0.381 e. The van der Waals surface area contributed by atoms with E-state index in [1.807, 2.05) is 0 Å². The molecular formula is C30H31F5N6O4. The number of carbonyl (C=O) groups is 3. The van der Waals surface area contributed by atoms with E-state index >= 15 is 0 Å². The van der Waals surface area contributed by atoms with Crippen molar-refractivity contribution < 1.29 is 41.1 Å². The summed E-state index contributed by atoms with van der Waals surface area (Å²) in [6.07, 6.45) is -3.21. The summed E-state index contributed by atoms with van der Waals surface area (Å²) >= 11 is 0. The number of likely N-dealkylation sites (N-methyl/N-ethyl adjacent to an activating group) is 1. The van der Waals surface area contributed by atoms with Crippen molar-refractivity contribution >= 4 is 23.5 Å². The number of rotatable bonds is 6. The molecular weight excluding hydrogens is 603 g/mol. The highest BCUT2D eigenvalue weighted by molar-refractivity contribution is 6.07. The number of anilines is 1. The molecule has 0 radical (unpaired) electrons. The third kappa shape index (κ3) is 5.64. The van der Waals surface area contributed by atoms with Gasteiger partial charge in [0.2, 0.25) is 0 Å². The van der Waals surface area contributed by atoms with Gasteiger partial charge in [0.05, 0.1) is 24.2 Å². The van der Waals surface area contributed by atoms with Crippen molar-refractivity contribution in [3.8, 4) is 6.07 Å². The van der Waals surface area contributed by atoms with Crippen LogP contribution in [-0.4, -0.2) is 76.7 Å². The van der Waals surface area contributed by atoms with Crippen LogP contribution in [0.5, 0.6) is 0 Å². The first kappa shape index (κ1) is 30.9. The summed E-state index contributed by atoms with van der Waals surface area (Å²) in [6, 6.07) is 2.69. The number of hydrogen-bond acceptors (Lipinski definition) is 6. The zero-order chi connectivity index (χ0) is 32.3. The highest BCUT2D eigenvalue weighted by Crippen LogP contribution is 2.52. The number of ether oxygens (including phenoxy) is 1. The lowest BCUT2D eigenvalue weighted by atomic mass is 9.82. The SMILES string of the molecule is CCN1C(=O)[C@@H](NC(=O)c2cccc(C(F)(F)F)c2)[C@@H](C2CC2)c2c(C(=O)N3CC(F)(F)C[C@H]3C#N)nn(C3CCOCC3)c21. The van der Waals surface area contributed by atoms with Gasteiger partial charge in [0.15, 0.2) is 5.69 Å². The fourth-order valence-corrected chi connectivity index (χ4v) is 6.71. The Hall–Kier alpha value is -4.06. The maximum Gasteiger partial charge on any atom is 0.416 e. The van der Waals surface area contributed by atoms with Crippen molar-refractivity contribution in [1.82, 2.24) is 20.0 Å². The molecule has 10 nitrogen and oxygen atoms in total. The van der Waals surface area contributed by atoms with Crippen LogP contribution in [0.2, 0.25) is 0 Å². The number of hydrogen-bond donors (Lipinski definition) is 1. The van der Waals surface area contributed by atoms with Gasteiger partial charge in [0.1, 0.15) is 17.9 Å². The van der Waals surface area contributed by atoms with E-state index in [-0.39, 0.29) is 29.8 Å². The molecule has 4 heterocycles. The summed E-state index contributed by atoms with van der Waals surface area (Å²) < 4.78 is 76.1. The van der Waals surface area contributed by atoms with Crippen LogP contribution in [0.1, 0.15) is 83.0 Å². The van der Waals surface area contributed by atoms with E-state index < -0.39 is 66.4 Å². The molecule has 1 saturated carbocycles. The Balaban J connectivity index is 1.46. The number of amides is 3. The molecule has 3 atom stereocenters. The largest absolute Gasteiger partial charge is 0.416 e. The molecule has 3 aliphatic heterocycles. The van der Waals surface area contributed by atoms with Gasteiger partial charge in [0.25, 0.3) is 23.6 Å². The number of nitrogens with one attached hydrogen (secondary N) is 1. The van der Waals surface area contributed by atoms with E-state index in [2.05, 4.69) is 10.4 Å². The number of likely N-dealkylation sites (tertiary alicyclic amines) is 1. The van der Waals surface area contributed by atoms with Crippen molar-refractivity contribution in [3.05, 3.63) is 46.6 Å². The van der Waals surface area contributed by atoms with Crippen molar-refractivity contribution in [2.75, 3.05) is 31.2 Å². The topological polar surface area (TPSA) is 121 Å². The number of nitriles is 1. The molecule has 3 amide bonds. The molecule has 15 heteroatoms. The zero-order valence-electron chi connectivity index (χ0n) is 24.3. The van der Waals surface area contributed by atoms with Crippen molar-refractivity contribution in [3.63, 3.8) is 0 Å². The monoisotopic (exact) mass is 634 g/mol. The van der Waals surface area contributed by atoms with E-state index in [0.29, 0.717) is 56.3 Å². The van der Waals surface area contributed by atoms with Crippen LogP contribution in [0.3, 0.4) is 0 Å². The molecule has 1 aliphatic carbocycles. The summed E-state index contributed by atoms with van der Waals surface area (Å²) in [5.41, 5.74) is -1.18. The Morgan fingerprint density at radius 3 is 2.51 bits per heavy atom. The minimum atomic E-state index is -4.69. The van der Waals surface area contributed by atoms with E-state index in [1.54, 1.807) is 17.7 Å². The Bertz CT molecular complexity index is 1560. The lowest BCUT2D eigenvalue weighted by Gasteiger charge is -2.39. The number of nitrogens with zero attached hydrogens (tertiary/aromatic N) is 5. The third-order valence-corrected chi connectivity index (χ3v) is 9.00. The van der Waals surface area contributed by atoms with Crippen LogP contribution in [-0.2, 0) is 15.7 Å². The van der Waals surface area contributed by atoms with Gasteiger partial charge in [-0.1, -0.05) is 6.07 Å². The zero-order valence-corrected chi connectivity index (χ0v) is 24.3. The number of benzene rings is 1. The van der Waals surface area contributed by atoms with Crippen molar-refractivity contribution in [1.29, 1.82) is 5.26 Å². The van der Waals surface area contributed by atoms with Crippen LogP contribution in [0.4, 0.5) is 27.8 Å². The van der Waals surface area contributed by atoms with Crippen molar-refractivity contribution in [2.45, 2.75) is 75.2 Å². The van der Waals surface area contributed by atoms with Gasteiger partial charge in [-0.05, 0) is 56.7 Å². The lowest BCUT2D eigenvalue weighted by molar-refractivity contribution is -0.137. The molecule has 45 heavy (non-hydrogen) atoms. The van der Waals surface area contributed by atoms with Gasteiger partial charge >= 0.3 is 6.18 Å². The first-order valence-corrected chi connectivity index (χ1v) is 14.9. The predicted molar refractivity (Wildman–Crippen MR) is 148 cm³/mol. The first-order chi connectivity index (χ1) is 21.3. The van der Waals surface area contributed by atoms with Crippen LogP contribution >= 0.6 is 0 Å².